The van der Waals surface area contributed by atoms with Crippen LogP contribution < -0.4 is 16.1 Å². The highest BCUT2D eigenvalue weighted by molar-refractivity contribution is 5.91. The van der Waals surface area contributed by atoms with Crippen LogP contribution >= 0.6 is 0 Å². The third kappa shape index (κ3) is 6.42. The molecular formula is C32H35N5O3. The van der Waals surface area contributed by atoms with E-state index >= 15 is 0 Å². The van der Waals surface area contributed by atoms with E-state index in [9.17, 15) is 9.59 Å². The number of urea groups is 1. The maximum absolute atomic E-state index is 11.9. The first-order chi connectivity index (χ1) is 19.5. The number of carbonyl (C=O) groups is 2. The van der Waals surface area contributed by atoms with Crippen molar-refractivity contribution in [3.05, 3.63) is 107 Å². The Morgan fingerprint density at radius 1 is 1.10 bits per heavy atom. The molecule has 0 fully saturated rings. The van der Waals surface area contributed by atoms with Crippen molar-refractivity contribution < 1.29 is 14.8 Å². The lowest BCUT2D eigenvalue weighted by molar-refractivity contribution is -0.124. The van der Waals surface area contributed by atoms with Crippen LogP contribution in [-0.2, 0) is 24.2 Å². The van der Waals surface area contributed by atoms with Crippen molar-refractivity contribution >= 4 is 34.6 Å². The fraction of sp³-hybridized carbons (Fsp3) is 0.250. The fourth-order valence-electron chi connectivity index (χ4n) is 5.52. The van der Waals surface area contributed by atoms with Crippen molar-refractivity contribution in [1.82, 2.24) is 20.7 Å². The lowest BCUT2D eigenvalue weighted by Gasteiger charge is -2.30. The normalized spacial score (nSPS) is 14.5. The van der Waals surface area contributed by atoms with Crippen LogP contribution in [0.15, 0.2) is 79.0 Å². The summed E-state index contributed by atoms with van der Waals surface area (Å²) in [7, 11) is 0. The number of carbonyl (C=O) groups excluding carboxylic acids is 2. The number of para-hydroxylation sites is 1. The second kappa shape index (κ2) is 12.6. The van der Waals surface area contributed by atoms with Crippen molar-refractivity contribution in [3.8, 4) is 0 Å². The molecule has 4 aromatic rings. The number of rotatable bonds is 10. The molecule has 0 radical (unpaired) electrons. The van der Waals surface area contributed by atoms with Gasteiger partial charge in [-0.05, 0) is 78.3 Å². The minimum atomic E-state index is -0.547. The number of hydroxylamine groups is 1. The second-order valence-corrected chi connectivity index (χ2v) is 10.1. The Morgan fingerprint density at radius 3 is 2.73 bits per heavy atom. The number of aromatic nitrogens is 1. The number of benzene rings is 3. The molecule has 3 aromatic carbocycles. The van der Waals surface area contributed by atoms with Crippen LogP contribution in [-0.4, -0.2) is 40.1 Å². The van der Waals surface area contributed by atoms with Gasteiger partial charge in [-0.2, -0.15) is 0 Å². The number of aryl methyl sites for hydroxylation is 1. The Labute approximate surface area is 234 Å². The zero-order chi connectivity index (χ0) is 27.9. The topological polar surface area (TPSA) is 109 Å². The molecular weight excluding hydrogens is 502 g/mol. The SMILES string of the molecule is CCNC(=O)Nc1ccc(CN(CCc2c[nH]c3ccccc23)C2CCc3cc(/C=C/C(=O)NO)ccc32)cc1. The van der Waals surface area contributed by atoms with Crippen LogP contribution in [0.25, 0.3) is 17.0 Å². The smallest absolute Gasteiger partial charge is 0.319 e. The van der Waals surface area contributed by atoms with Crippen LogP contribution in [0.5, 0.6) is 0 Å². The molecule has 0 saturated heterocycles. The third-order valence-corrected chi connectivity index (χ3v) is 7.47. The molecule has 0 aliphatic heterocycles. The van der Waals surface area contributed by atoms with Gasteiger partial charge in [-0.1, -0.05) is 48.5 Å². The van der Waals surface area contributed by atoms with Crippen LogP contribution in [0.1, 0.15) is 47.2 Å². The number of amides is 3. The van der Waals surface area contributed by atoms with Crippen LogP contribution in [0, 0.1) is 0 Å². The molecule has 1 unspecified atom stereocenters. The zero-order valence-corrected chi connectivity index (χ0v) is 22.6. The van der Waals surface area contributed by atoms with E-state index in [0.29, 0.717) is 6.54 Å². The van der Waals surface area contributed by atoms with E-state index < -0.39 is 5.91 Å². The average molecular weight is 538 g/mol. The Balaban J connectivity index is 1.36. The first kappa shape index (κ1) is 27.2. The lowest BCUT2D eigenvalue weighted by Crippen LogP contribution is -2.29. The molecule has 3 amide bonds. The minimum absolute atomic E-state index is 0.204. The molecule has 40 heavy (non-hydrogen) atoms. The van der Waals surface area contributed by atoms with Crippen LogP contribution in [0.4, 0.5) is 10.5 Å². The first-order valence-electron chi connectivity index (χ1n) is 13.7. The van der Waals surface area contributed by atoms with Crippen molar-refractivity contribution in [3.63, 3.8) is 0 Å². The first-order valence-corrected chi connectivity index (χ1v) is 13.7. The lowest BCUT2D eigenvalue weighted by atomic mass is 10.0. The summed E-state index contributed by atoms with van der Waals surface area (Å²) >= 11 is 0. The molecule has 0 spiro atoms. The summed E-state index contributed by atoms with van der Waals surface area (Å²) < 4.78 is 0. The highest BCUT2D eigenvalue weighted by Crippen LogP contribution is 2.37. The quantitative estimate of drug-likeness (QED) is 0.104. The van der Waals surface area contributed by atoms with E-state index in [4.69, 9.17) is 5.21 Å². The molecule has 5 N–H and O–H groups in total. The van der Waals surface area contributed by atoms with Gasteiger partial charge in [0, 0.05) is 54.5 Å². The summed E-state index contributed by atoms with van der Waals surface area (Å²) in [5.74, 6) is -0.547. The van der Waals surface area contributed by atoms with Gasteiger partial charge in [0.25, 0.3) is 5.91 Å². The largest absolute Gasteiger partial charge is 0.361 e. The number of anilines is 1. The number of aromatic amines is 1. The molecule has 8 nitrogen and oxygen atoms in total. The van der Waals surface area contributed by atoms with E-state index in [1.165, 1.54) is 33.7 Å². The predicted octanol–water partition coefficient (Wildman–Crippen LogP) is 5.56. The maximum Gasteiger partial charge on any atom is 0.319 e. The van der Waals surface area contributed by atoms with E-state index in [0.717, 1.165) is 49.1 Å². The number of hydrogen-bond donors (Lipinski definition) is 5. The molecule has 1 atom stereocenters. The van der Waals surface area contributed by atoms with Crippen LogP contribution in [0.2, 0.25) is 0 Å². The van der Waals surface area contributed by atoms with Gasteiger partial charge < -0.3 is 15.6 Å². The third-order valence-electron chi connectivity index (χ3n) is 7.47. The molecule has 1 heterocycles. The summed E-state index contributed by atoms with van der Waals surface area (Å²) in [4.78, 5) is 29.3. The average Bonchev–Trinajstić information content (AvgIpc) is 3.59. The summed E-state index contributed by atoms with van der Waals surface area (Å²) in [5, 5.41) is 15.6. The second-order valence-electron chi connectivity index (χ2n) is 10.1. The highest BCUT2D eigenvalue weighted by Gasteiger charge is 2.28. The Kier molecular flexibility index (Phi) is 8.59. The van der Waals surface area contributed by atoms with Crippen molar-refractivity contribution in [2.45, 2.75) is 38.8 Å². The molecule has 5 rings (SSSR count). The summed E-state index contributed by atoms with van der Waals surface area (Å²) in [6, 6.07) is 22.9. The molecule has 1 aliphatic carbocycles. The predicted molar refractivity (Wildman–Crippen MR) is 158 cm³/mol. The van der Waals surface area contributed by atoms with Crippen molar-refractivity contribution in [2.24, 2.45) is 0 Å². The Morgan fingerprint density at radius 2 is 1.93 bits per heavy atom. The highest BCUT2D eigenvalue weighted by atomic mass is 16.5. The molecule has 0 bridgehead atoms. The van der Waals surface area contributed by atoms with E-state index in [-0.39, 0.29) is 12.1 Å². The summed E-state index contributed by atoms with van der Waals surface area (Å²) in [5.41, 5.74) is 9.58. The maximum atomic E-state index is 11.9. The molecule has 1 aliphatic rings. The van der Waals surface area contributed by atoms with Gasteiger partial charge in [0.05, 0.1) is 0 Å². The fourth-order valence-corrected chi connectivity index (χ4v) is 5.52. The van der Waals surface area contributed by atoms with Gasteiger partial charge in [-0.25, -0.2) is 10.3 Å². The van der Waals surface area contributed by atoms with Gasteiger partial charge in [0.15, 0.2) is 0 Å². The standard InChI is InChI=1S/C32H35N5O3/c1-2-33-32(39)35-26-12-7-23(8-13-26)21-37(18-17-25-20-34-29-6-4-3-5-27(25)29)30-15-11-24-19-22(9-14-28(24)30)10-16-31(38)36-40/h3-10,12-14,16,19-20,30,34,40H,2,11,15,17-18,21H2,1H3,(H,36,38)(H2,33,35,39)/b16-10+. The Hall–Kier alpha value is -4.40. The van der Waals surface area contributed by atoms with E-state index in [2.05, 4.69) is 75.2 Å². The van der Waals surface area contributed by atoms with Crippen LogP contribution in [0.3, 0.4) is 0 Å². The minimum Gasteiger partial charge on any atom is -0.361 e. The van der Waals surface area contributed by atoms with E-state index in [1.807, 2.05) is 25.1 Å². The van der Waals surface area contributed by atoms with Crippen molar-refractivity contribution in [1.29, 1.82) is 0 Å². The zero-order valence-electron chi connectivity index (χ0n) is 22.6. The Bertz CT molecular complexity index is 1510. The van der Waals surface area contributed by atoms with Gasteiger partial charge in [-0.15, -0.1) is 0 Å². The van der Waals surface area contributed by atoms with Crippen molar-refractivity contribution in [2.75, 3.05) is 18.4 Å². The van der Waals surface area contributed by atoms with Gasteiger partial charge >= 0.3 is 6.03 Å². The number of nitrogens with one attached hydrogen (secondary N) is 4. The van der Waals surface area contributed by atoms with Gasteiger partial charge in [-0.3, -0.25) is 14.9 Å². The van der Waals surface area contributed by atoms with E-state index in [1.54, 1.807) is 11.6 Å². The van der Waals surface area contributed by atoms with Gasteiger partial charge in [0.2, 0.25) is 0 Å². The molecule has 1 aromatic heterocycles. The number of fused-ring (bicyclic) bond motifs is 2. The number of hydrogen-bond acceptors (Lipinski definition) is 4. The summed E-state index contributed by atoms with van der Waals surface area (Å²) in [6.45, 7) is 4.14. The van der Waals surface area contributed by atoms with Gasteiger partial charge in [0.1, 0.15) is 0 Å². The monoisotopic (exact) mass is 537 g/mol. The molecule has 0 saturated carbocycles. The number of H-pyrrole nitrogens is 1. The molecule has 206 valence electrons. The number of nitrogens with zero attached hydrogens (tertiary/aromatic N) is 1. The summed E-state index contributed by atoms with van der Waals surface area (Å²) in [6.07, 6.45) is 8.06. The molecule has 8 heteroatoms.